The fraction of sp³-hybridized carbons (Fsp3) is 0.240. The van der Waals surface area contributed by atoms with Gasteiger partial charge in [-0.05, 0) is 48.5 Å². The number of anilines is 1. The molecular formula is C25H21ClFN3O4. The van der Waals surface area contributed by atoms with E-state index in [4.69, 9.17) is 16.3 Å². The van der Waals surface area contributed by atoms with Crippen molar-refractivity contribution >= 4 is 23.2 Å². The first kappa shape index (κ1) is 22.3. The molecule has 0 bridgehead atoms. The number of para-hydroxylation sites is 1. The Hall–Kier alpha value is -3.49. The molecule has 3 atom stereocenters. The summed E-state index contributed by atoms with van der Waals surface area (Å²) < 4.78 is 18.9. The summed E-state index contributed by atoms with van der Waals surface area (Å²) in [6, 6.07) is 16.9. The third kappa shape index (κ3) is 3.41. The van der Waals surface area contributed by atoms with E-state index in [1.807, 2.05) is 0 Å². The van der Waals surface area contributed by atoms with Crippen LogP contribution >= 0.6 is 11.6 Å². The molecular weight excluding hydrogens is 461 g/mol. The van der Waals surface area contributed by atoms with Gasteiger partial charge in [-0.2, -0.15) is 0 Å². The smallest absolute Gasteiger partial charge is 0.256 e. The van der Waals surface area contributed by atoms with E-state index in [9.17, 15) is 19.3 Å². The standard InChI is InChI=1S/C25H21ClFN3O4/c1-29-13-18(23(30(32)33)25(29)19-4-2-3-5-21(19)28-24(25)31)16-8-11-22(20(26)12-16)34-14-15-6-9-17(27)10-7-15/h2-12,18,23H,13-14H2,1H3,(H,28,31)/t18-,23-,25-/m1/s1. The minimum absolute atomic E-state index is 0.198. The fourth-order valence-corrected chi connectivity index (χ4v) is 5.43. The van der Waals surface area contributed by atoms with Gasteiger partial charge in [0.2, 0.25) is 0 Å². The zero-order chi connectivity index (χ0) is 24.0. The van der Waals surface area contributed by atoms with Gasteiger partial charge in [0.25, 0.3) is 11.9 Å². The Kier molecular flexibility index (Phi) is 5.50. The topological polar surface area (TPSA) is 84.7 Å². The molecule has 34 heavy (non-hydrogen) atoms. The first-order valence-electron chi connectivity index (χ1n) is 10.7. The van der Waals surface area contributed by atoms with Crippen LogP contribution in [0.25, 0.3) is 0 Å². The lowest BCUT2D eigenvalue weighted by atomic mass is 9.79. The van der Waals surface area contributed by atoms with Gasteiger partial charge in [-0.3, -0.25) is 19.8 Å². The number of carbonyl (C=O) groups excluding carboxylic acids is 1. The molecule has 0 unspecified atom stereocenters. The Morgan fingerprint density at radius 1 is 1.21 bits per heavy atom. The molecule has 1 N–H and O–H groups in total. The van der Waals surface area contributed by atoms with E-state index in [2.05, 4.69) is 5.32 Å². The summed E-state index contributed by atoms with van der Waals surface area (Å²) in [5, 5.41) is 15.5. The number of likely N-dealkylation sites (tertiary alicyclic amines) is 1. The molecule has 1 fully saturated rings. The molecule has 0 aliphatic carbocycles. The quantitative estimate of drug-likeness (QED) is 0.426. The minimum Gasteiger partial charge on any atom is -0.487 e. The highest BCUT2D eigenvalue weighted by molar-refractivity contribution is 6.32. The Bertz CT molecular complexity index is 1290. The highest BCUT2D eigenvalue weighted by Gasteiger charge is 2.68. The van der Waals surface area contributed by atoms with Crippen molar-refractivity contribution in [2.75, 3.05) is 18.9 Å². The normalized spacial score (nSPS) is 23.7. The summed E-state index contributed by atoms with van der Waals surface area (Å²) in [4.78, 5) is 27.0. The molecule has 3 aromatic carbocycles. The number of nitro groups is 1. The number of carbonyl (C=O) groups is 1. The van der Waals surface area contributed by atoms with E-state index in [-0.39, 0.29) is 17.3 Å². The lowest BCUT2D eigenvalue weighted by Gasteiger charge is -2.30. The van der Waals surface area contributed by atoms with E-state index in [0.717, 1.165) is 5.56 Å². The zero-order valence-corrected chi connectivity index (χ0v) is 19.0. The van der Waals surface area contributed by atoms with Crippen LogP contribution in [0.2, 0.25) is 5.02 Å². The van der Waals surface area contributed by atoms with Crippen LogP contribution in [-0.2, 0) is 16.9 Å². The second kappa shape index (κ2) is 8.38. The number of hydrogen-bond acceptors (Lipinski definition) is 5. The van der Waals surface area contributed by atoms with E-state index in [0.29, 0.717) is 34.1 Å². The van der Waals surface area contributed by atoms with Crippen LogP contribution in [-0.4, -0.2) is 35.4 Å². The zero-order valence-electron chi connectivity index (χ0n) is 18.2. The number of likely N-dealkylation sites (N-methyl/N-ethyl adjacent to an activating group) is 1. The largest absolute Gasteiger partial charge is 0.487 e. The van der Waals surface area contributed by atoms with E-state index >= 15 is 0 Å². The summed E-state index contributed by atoms with van der Waals surface area (Å²) in [6.45, 7) is 0.503. The van der Waals surface area contributed by atoms with Crippen molar-refractivity contribution in [3.63, 3.8) is 0 Å². The molecule has 1 saturated heterocycles. The lowest BCUT2D eigenvalue weighted by molar-refractivity contribution is -0.534. The van der Waals surface area contributed by atoms with E-state index in [1.54, 1.807) is 66.5 Å². The first-order chi connectivity index (χ1) is 16.3. The number of ether oxygens (including phenoxy) is 1. The monoisotopic (exact) mass is 481 g/mol. The number of halogens is 2. The third-order valence-electron chi connectivity index (χ3n) is 6.73. The van der Waals surface area contributed by atoms with Crippen molar-refractivity contribution in [3.8, 4) is 5.75 Å². The van der Waals surface area contributed by atoms with Crippen molar-refractivity contribution in [3.05, 3.63) is 104 Å². The maximum atomic E-state index is 13.2. The molecule has 2 heterocycles. The fourth-order valence-electron chi connectivity index (χ4n) is 5.19. The van der Waals surface area contributed by atoms with Gasteiger partial charge in [-0.25, -0.2) is 4.39 Å². The van der Waals surface area contributed by atoms with Crippen LogP contribution in [0.1, 0.15) is 22.6 Å². The highest BCUT2D eigenvalue weighted by atomic mass is 35.5. The number of nitrogens with one attached hydrogen (secondary N) is 1. The van der Waals surface area contributed by atoms with Crippen LogP contribution in [0.3, 0.4) is 0 Å². The van der Waals surface area contributed by atoms with Crippen LogP contribution in [0.5, 0.6) is 5.75 Å². The van der Waals surface area contributed by atoms with E-state index in [1.165, 1.54) is 12.1 Å². The Morgan fingerprint density at radius 3 is 2.65 bits per heavy atom. The lowest BCUT2D eigenvalue weighted by Crippen LogP contribution is -2.54. The van der Waals surface area contributed by atoms with Gasteiger partial charge in [0, 0.05) is 22.7 Å². The predicted octanol–water partition coefficient (Wildman–Crippen LogP) is 4.58. The minimum atomic E-state index is -1.41. The molecule has 7 nitrogen and oxygen atoms in total. The van der Waals surface area contributed by atoms with Gasteiger partial charge in [0.15, 0.2) is 5.54 Å². The number of fused-ring (bicyclic) bond motifs is 2. The summed E-state index contributed by atoms with van der Waals surface area (Å²) in [5.41, 5.74) is 1.23. The third-order valence-corrected chi connectivity index (χ3v) is 7.03. The van der Waals surface area contributed by atoms with Crippen molar-refractivity contribution in [2.24, 2.45) is 0 Å². The van der Waals surface area contributed by atoms with Crippen molar-refractivity contribution < 1.29 is 18.8 Å². The molecule has 2 aliphatic rings. The predicted molar refractivity (Wildman–Crippen MR) is 125 cm³/mol. The molecule has 2 aliphatic heterocycles. The van der Waals surface area contributed by atoms with Crippen molar-refractivity contribution in [1.82, 2.24) is 4.90 Å². The second-order valence-corrected chi connectivity index (χ2v) is 9.00. The second-order valence-electron chi connectivity index (χ2n) is 8.59. The van der Waals surface area contributed by atoms with Crippen molar-refractivity contribution in [2.45, 2.75) is 24.1 Å². The SMILES string of the molecule is CN1C[C@H](c2ccc(OCc3ccc(F)cc3)c(Cl)c2)[C@@H]([N+](=O)[O-])[C@]12C(=O)Nc1ccccc12. The first-order valence-corrected chi connectivity index (χ1v) is 11.1. The molecule has 174 valence electrons. The Balaban J connectivity index is 1.46. The summed E-state index contributed by atoms with van der Waals surface area (Å²) >= 11 is 6.48. The van der Waals surface area contributed by atoms with Crippen molar-refractivity contribution in [1.29, 1.82) is 0 Å². The maximum absolute atomic E-state index is 13.2. The van der Waals surface area contributed by atoms with Gasteiger partial charge in [0.05, 0.1) is 10.9 Å². The van der Waals surface area contributed by atoms with Crippen LogP contribution in [0.4, 0.5) is 10.1 Å². The van der Waals surface area contributed by atoms with Crippen LogP contribution in [0, 0.1) is 15.9 Å². The molecule has 1 amide bonds. The summed E-state index contributed by atoms with van der Waals surface area (Å²) in [5.74, 6) is -0.881. The molecule has 3 aromatic rings. The van der Waals surface area contributed by atoms with Gasteiger partial charge >= 0.3 is 0 Å². The summed E-state index contributed by atoms with van der Waals surface area (Å²) in [6.07, 6.45) is 0. The number of hydrogen-bond donors (Lipinski definition) is 1. The molecule has 0 saturated carbocycles. The Morgan fingerprint density at radius 2 is 1.94 bits per heavy atom. The van der Waals surface area contributed by atoms with Gasteiger partial charge in [0.1, 0.15) is 18.2 Å². The molecule has 0 aromatic heterocycles. The molecule has 1 spiro atoms. The molecule has 5 rings (SSSR count). The van der Waals surface area contributed by atoms with Gasteiger partial charge in [-0.1, -0.05) is 48.0 Å². The average molecular weight is 482 g/mol. The highest BCUT2D eigenvalue weighted by Crippen LogP contribution is 2.52. The Labute approximate surface area is 200 Å². The van der Waals surface area contributed by atoms with Gasteiger partial charge < -0.3 is 10.1 Å². The number of amides is 1. The number of benzene rings is 3. The summed E-state index contributed by atoms with van der Waals surface area (Å²) in [7, 11) is 1.74. The molecule has 9 heteroatoms. The number of nitrogens with zero attached hydrogens (tertiary/aromatic N) is 2. The van der Waals surface area contributed by atoms with Gasteiger partial charge in [-0.15, -0.1) is 0 Å². The van der Waals surface area contributed by atoms with Crippen LogP contribution < -0.4 is 10.1 Å². The average Bonchev–Trinajstić information content (AvgIpc) is 3.29. The van der Waals surface area contributed by atoms with Crippen LogP contribution in [0.15, 0.2) is 66.7 Å². The maximum Gasteiger partial charge on any atom is 0.256 e. The molecule has 0 radical (unpaired) electrons. The number of rotatable bonds is 5. The van der Waals surface area contributed by atoms with E-state index < -0.39 is 23.4 Å².